The van der Waals surface area contributed by atoms with Crippen molar-refractivity contribution in [3.63, 3.8) is 0 Å². The number of hydrogen-bond donors (Lipinski definition) is 5. The molecule has 0 amide bonds. The molecule has 0 aliphatic carbocycles. The van der Waals surface area contributed by atoms with E-state index in [2.05, 4.69) is 0 Å². The molecule has 0 aliphatic heterocycles. The molecule has 0 radical (unpaired) electrons. The topological polar surface area (TPSA) is 101 Å². The molecule has 0 aliphatic rings. The molecule has 3 atom stereocenters. The monoisotopic (exact) mass is 194 g/mol. The fourth-order valence-electron chi connectivity index (χ4n) is 1.15. The molecule has 80 valence electrons. The molecule has 0 aromatic rings. The fraction of sp³-hybridized carbons (Fsp3) is 1.00. The van der Waals surface area contributed by atoms with Crippen molar-refractivity contribution in [2.45, 2.75) is 37.6 Å². The lowest BCUT2D eigenvalue weighted by Gasteiger charge is -2.31. The molecule has 0 spiro atoms. The van der Waals surface area contributed by atoms with Gasteiger partial charge in [0.1, 0.15) is 0 Å². The first-order chi connectivity index (χ1) is 5.96. The smallest absolute Gasteiger partial charge is 0.0949 e. The summed E-state index contributed by atoms with van der Waals surface area (Å²) in [6, 6.07) is 0. The van der Waals surface area contributed by atoms with Crippen LogP contribution in [0.5, 0.6) is 0 Å². The van der Waals surface area contributed by atoms with Crippen LogP contribution >= 0.6 is 0 Å². The number of aliphatic hydroxyl groups excluding tert-OH is 4. The zero-order valence-electron chi connectivity index (χ0n) is 7.72. The molecule has 5 nitrogen and oxygen atoms in total. The maximum absolute atomic E-state index is 9.71. The minimum atomic E-state index is -1.53. The van der Waals surface area contributed by atoms with Gasteiger partial charge in [-0.15, -0.1) is 0 Å². The lowest BCUT2D eigenvalue weighted by atomic mass is 9.88. The second-order valence-corrected chi connectivity index (χ2v) is 3.29. The number of hydrogen-bond acceptors (Lipinski definition) is 5. The van der Waals surface area contributed by atoms with E-state index in [1.165, 1.54) is 6.92 Å². The SMILES string of the molecule is C[C@@H](O)[C@@](O)(CCO)C[C@@H](O)CO. The lowest BCUT2D eigenvalue weighted by Crippen LogP contribution is -2.44. The van der Waals surface area contributed by atoms with Crippen LogP contribution in [0.2, 0.25) is 0 Å². The van der Waals surface area contributed by atoms with Crippen molar-refractivity contribution >= 4 is 0 Å². The van der Waals surface area contributed by atoms with E-state index >= 15 is 0 Å². The van der Waals surface area contributed by atoms with Crippen LogP contribution in [0, 0.1) is 0 Å². The third-order valence-corrected chi connectivity index (χ3v) is 2.12. The van der Waals surface area contributed by atoms with E-state index < -0.39 is 24.4 Å². The Bertz CT molecular complexity index is 138. The van der Waals surface area contributed by atoms with Crippen LogP contribution in [0.15, 0.2) is 0 Å². The molecule has 0 aromatic carbocycles. The van der Waals surface area contributed by atoms with Crippen molar-refractivity contribution in [3.8, 4) is 0 Å². The predicted molar refractivity (Wildman–Crippen MR) is 46.0 cm³/mol. The van der Waals surface area contributed by atoms with E-state index in [1.54, 1.807) is 0 Å². The van der Waals surface area contributed by atoms with Crippen LogP contribution in [-0.4, -0.2) is 56.6 Å². The third-order valence-electron chi connectivity index (χ3n) is 2.12. The van der Waals surface area contributed by atoms with Crippen molar-refractivity contribution < 1.29 is 25.5 Å². The number of aliphatic hydroxyl groups is 5. The molecular formula is C8H18O5. The van der Waals surface area contributed by atoms with E-state index in [-0.39, 0.29) is 19.4 Å². The highest BCUT2D eigenvalue weighted by Crippen LogP contribution is 2.21. The molecule has 5 heteroatoms. The first kappa shape index (κ1) is 12.8. The summed E-state index contributed by atoms with van der Waals surface area (Å²) in [7, 11) is 0. The second-order valence-electron chi connectivity index (χ2n) is 3.29. The Hall–Kier alpha value is -0.200. The molecule has 0 rings (SSSR count). The molecule has 0 aromatic heterocycles. The van der Waals surface area contributed by atoms with Crippen molar-refractivity contribution in [2.24, 2.45) is 0 Å². The van der Waals surface area contributed by atoms with Crippen molar-refractivity contribution in [1.29, 1.82) is 0 Å². The molecule has 0 unspecified atom stereocenters. The molecule has 0 saturated heterocycles. The van der Waals surface area contributed by atoms with Crippen LogP contribution in [0.1, 0.15) is 19.8 Å². The minimum absolute atomic E-state index is 0.0261. The first-order valence-corrected chi connectivity index (χ1v) is 4.26. The number of rotatable bonds is 6. The Morgan fingerprint density at radius 3 is 2.08 bits per heavy atom. The molecule has 0 saturated carbocycles. The van der Waals surface area contributed by atoms with E-state index in [4.69, 9.17) is 15.3 Å². The van der Waals surface area contributed by atoms with Crippen molar-refractivity contribution in [2.75, 3.05) is 13.2 Å². The molecule has 0 heterocycles. The Kier molecular flexibility index (Phi) is 5.43. The van der Waals surface area contributed by atoms with E-state index in [1.807, 2.05) is 0 Å². The zero-order chi connectivity index (χ0) is 10.5. The van der Waals surface area contributed by atoms with Gasteiger partial charge in [-0.1, -0.05) is 0 Å². The van der Waals surface area contributed by atoms with E-state index in [0.29, 0.717) is 0 Å². The van der Waals surface area contributed by atoms with Crippen LogP contribution in [0.25, 0.3) is 0 Å². The Morgan fingerprint density at radius 2 is 1.77 bits per heavy atom. The van der Waals surface area contributed by atoms with Gasteiger partial charge >= 0.3 is 0 Å². The summed E-state index contributed by atoms with van der Waals surface area (Å²) >= 11 is 0. The highest BCUT2D eigenvalue weighted by Gasteiger charge is 2.34. The van der Waals surface area contributed by atoms with Crippen LogP contribution < -0.4 is 0 Å². The van der Waals surface area contributed by atoms with Gasteiger partial charge in [-0.3, -0.25) is 0 Å². The second kappa shape index (κ2) is 5.51. The van der Waals surface area contributed by atoms with Gasteiger partial charge in [0.15, 0.2) is 0 Å². The Balaban J connectivity index is 4.23. The van der Waals surface area contributed by atoms with Crippen molar-refractivity contribution in [1.82, 2.24) is 0 Å². The van der Waals surface area contributed by atoms with E-state index in [9.17, 15) is 10.2 Å². The van der Waals surface area contributed by atoms with Crippen molar-refractivity contribution in [3.05, 3.63) is 0 Å². The van der Waals surface area contributed by atoms with Gasteiger partial charge in [0.25, 0.3) is 0 Å². The summed E-state index contributed by atoms with van der Waals surface area (Å²) in [5.74, 6) is 0. The summed E-state index contributed by atoms with van der Waals surface area (Å²) in [4.78, 5) is 0. The Morgan fingerprint density at radius 1 is 1.23 bits per heavy atom. The fourth-order valence-corrected chi connectivity index (χ4v) is 1.15. The molecular weight excluding hydrogens is 176 g/mol. The van der Waals surface area contributed by atoms with Gasteiger partial charge in [0.05, 0.1) is 24.4 Å². The molecule has 0 fully saturated rings. The average molecular weight is 194 g/mol. The third kappa shape index (κ3) is 4.02. The molecule has 0 bridgehead atoms. The van der Waals surface area contributed by atoms with Crippen LogP contribution in [-0.2, 0) is 0 Å². The average Bonchev–Trinajstić information content (AvgIpc) is 2.04. The minimum Gasteiger partial charge on any atom is -0.396 e. The predicted octanol–water partition coefficient (Wildman–Crippen LogP) is -1.78. The van der Waals surface area contributed by atoms with Gasteiger partial charge in [0.2, 0.25) is 0 Å². The van der Waals surface area contributed by atoms with Gasteiger partial charge < -0.3 is 25.5 Å². The normalized spacial score (nSPS) is 20.8. The molecule has 5 N–H and O–H groups in total. The highest BCUT2D eigenvalue weighted by atomic mass is 16.3. The van der Waals surface area contributed by atoms with Gasteiger partial charge in [-0.05, 0) is 6.92 Å². The summed E-state index contributed by atoms with van der Waals surface area (Å²) in [5.41, 5.74) is -1.53. The maximum atomic E-state index is 9.71. The summed E-state index contributed by atoms with van der Waals surface area (Å²) in [6.07, 6.45) is -2.31. The summed E-state index contributed by atoms with van der Waals surface area (Å²) < 4.78 is 0. The zero-order valence-corrected chi connectivity index (χ0v) is 7.72. The quantitative estimate of drug-likeness (QED) is 0.344. The van der Waals surface area contributed by atoms with Gasteiger partial charge in [-0.25, -0.2) is 0 Å². The summed E-state index contributed by atoms with van der Waals surface area (Å²) in [6.45, 7) is 0.625. The maximum Gasteiger partial charge on any atom is 0.0949 e. The first-order valence-electron chi connectivity index (χ1n) is 4.26. The lowest BCUT2D eigenvalue weighted by molar-refractivity contribution is -0.108. The van der Waals surface area contributed by atoms with Crippen LogP contribution in [0.3, 0.4) is 0 Å². The molecule has 13 heavy (non-hydrogen) atoms. The van der Waals surface area contributed by atoms with Gasteiger partial charge in [0, 0.05) is 19.4 Å². The largest absolute Gasteiger partial charge is 0.396 e. The van der Waals surface area contributed by atoms with E-state index in [0.717, 1.165) is 0 Å². The van der Waals surface area contributed by atoms with Crippen LogP contribution in [0.4, 0.5) is 0 Å². The highest BCUT2D eigenvalue weighted by molar-refractivity contribution is 4.86. The summed E-state index contributed by atoms with van der Waals surface area (Å²) in [5, 5.41) is 45.1. The Labute approximate surface area is 77.3 Å². The van der Waals surface area contributed by atoms with Gasteiger partial charge in [-0.2, -0.15) is 0 Å². The standard InChI is InChI=1S/C8H18O5/c1-6(11)8(13,2-3-9)4-7(12)5-10/h6-7,9-13H,2-5H2,1H3/t6-,7-,8-/m1/s1.